The van der Waals surface area contributed by atoms with Gasteiger partial charge in [0.25, 0.3) is 0 Å². The first-order chi connectivity index (χ1) is 18.2. The second kappa shape index (κ2) is 12.1. The monoisotopic (exact) mass is 523 g/mol. The molecule has 9 nitrogen and oxygen atoms in total. The molecule has 204 valence electrons. The summed E-state index contributed by atoms with van der Waals surface area (Å²) < 4.78 is 11.8. The molecule has 1 fully saturated rings. The van der Waals surface area contributed by atoms with Crippen molar-refractivity contribution in [2.75, 3.05) is 26.2 Å². The summed E-state index contributed by atoms with van der Waals surface area (Å²) in [7, 11) is 0. The van der Waals surface area contributed by atoms with Crippen LogP contribution in [0, 0.1) is 0 Å². The van der Waals surface area contributed by atoms with Gasteiger partial charge >= 0.3 is 11.9 Å². The summed E-state index contributed by atoms with van der Waals surface area (Å²) in [5.41, 5.74) is -0.120. The number of carboxylic acids is 1. The Labute approximate surface area is 223 Å². The summed E-state index contributed by atoms with van der Waals surface area (Å²) in [5, 5.41) is 15.8. The molecule has 2 aliphatic heterocycles. The molecule has 2 heterocycles. The number of piperidine rings is 1. The second-order valence-corrected chi connectivity index (χ2v) is 10.5. The van der Waals surface area contributed by atoms with Gasteiger partial charge in [0, 0.05) is 17.6 Å². The smallest absolute Gasteiger partial charge is 0.352 e. The molecule has 3 N–H and O–H groups in total. The average Bonchev–Trinajstić information content (AvgIpc) is 2.90. The van der Waals surface area contributed by atoms with Crippen LogP contribution < -0.4 is 10.6 Å². The first kappa shape index (κ1) is 27.8. The van der Waals surface area contributed by atoms with Crippen molar-refractivity contribution in [3.63, 3.8) is 0 Å². The van der Waals surface area contributed by atoms with Gasteiger partial charge in [-0.25, -0.2) is 4.79 Å². The lowest BCUT2D eigenvalue weighted by Crippen LogP contribution is -2.71. The maximum absolute atomic E-state index is 14.2. The number of benzene rings is 2. The zero-order valence-corrected chi connectivity index (χ0v) is 22.1. The number of ether oxygens (including phenoxy) is 2. The molecule has 2 aliphatic rings. The number of esters is 1. The number of carbonyl (C=O) groups is 3. The average molecular weight is 524 g/mol. The van der Waals surface area contributed by atoms with Crippen LogP contribution in [0.15, 0.2) is 54.6 Å². The number of fused-ring (bicyclic) bond motifs is 1. The van der Waals surface area contributed by atoms with Gasteiger partial charge in [-0.15, -0.1) is 0 Å². The minimum absolute atomic E-state index is 0.0121. The van der Waals surface area contributed by atoms with Gasteiger partial charge in [0.1, 0.15) is 13.2 Å². The van der Waals surface area contributed by atoms with E-state index in [0.717, 1.165) is 37.1 Å². The third-order valence-electron chi connectivity index (χ3n) is 7.28. The summed E-state index contributed by atoms with van der Waals surface area (Å²) in [5.74, 6) is -2.12. The molecule has 0 spiro atoms. The highest BCUT2D eigenvalue weighted by molar-refractivity contribution is 5.90. The Morgan fingerprint density at radius 3 is 2.45 bits per heavy atom. The number of nitrogens with zero attached hydrogens (tertiary/aromatic N) is 1. The molecule has 2 aromatic rings. The Bertz CT molecular complexity index is 1130. The van der Waals surface area contributed by atoms with Crippen molar-refractivity contribution in [3.05, 3.63) is 71.3 Å². The molecule has 9 heteroatoms. The van der Waals surface area contributed by atoms with Crippen molar-refractivity contribution in [2.24, 2.45) is 0 Å². The van der Waals surface area contributed by atoms with Crippen LogP contribution in [0.3, 0.4) is 0 Å². The van der Waals surface area contributed by atoms with Gasteiger partial charge in [0.2, 0.25) is 11.6 Å². The van der Waals surface area contributed by atoms with Crippen LogP contribution in [-0.2, 0) is 42.5 Å². The number of hydrogen-bond acceptors (Lipinski definition) is 7. The lowest BCUT2D eigenvalue weighted by Gasteiger charge is -2.54. The molecule has 1 saturated heterocycles. The summed E-state index contributed by atoms with van der Waals surface area (Å²) >= 11 is 0. The van der Waals surface area contributed by atoms with Crippen LogP contribution in [0.25, 0.3) is 0 Å². The van der Waals surface area contributed by atoms with Gasteiger partial charge in [0.15, 0.2) is 0 Å². The molecule has 0 radical (unpaired) electrons. The number of hydrogen-bond donors (Lipinski definition) is 3. The highest BCUT2D eigenvalue weighted by atomic mass is 16.5. The lowest BCUT2D eigenvalue weighted by molar-refractivity contribution is -0.176. The normalized spacial score (nSPS) is 21.3. The predicted molar refractivity (Wildman–Crippen MR) is 141 cm³/mol. The van der Waals surface area contributed by atoms with E-state index >= 15 is 0 Å². The standard InChI is InChI=1S/C29H37N3O6/c1-28(2)18-22-10-6-7-11-24(22)29(32(28)17-14-26(34)35,27(36)38-19-21-8-4-3-5-9-21)31-25(33)20-37-23-12-15-30-16-13-23/h3-11,23,30H,12-20H2,1-2H3,(H,31,33)(H,34,35). The summed E-state index contributed by atoms with van der Waals surface area (Å²) in [6.07, 6.45) is 1.93. The fourth-order valence-corrected chi connectivity index (χ4v) is 5.49. The summed E-state index contributed by atoms with van der Waals surface area (Å²) in [6.45, 7) is 5.38. The van der Waals surface area contributed by atoms with Gasteiger partial charge in [-0.1, -0.05) is 54.6 Å². The molecule has 0 aromatic heterocycles. The third-order valence-corrected chi connectivity index (χ3v) is 7.28. The fraction of sp³-hybridized carbons (Fsp3) is 0.483. The van der Waals surface area contributed by atoms with Crippen LogP contribution in [0.5, 0.6) is 0 Å². The van der Waals surface area contributed by atoms with Crippen LogP contribution in [-0.4, -0.2) is 65.7 Å². The van der Waals surface area contributed by atoms with Crippen LogP contribution in [0.2, 0.25) is 0 Å². The molecule has 0 saturated carbocycles. The summed E-state index contributed by atoms with van der Waals surface area (Å²) in [6, 6.07) is 16.7. The number of carboxylic acid groups (broad SMARTS) is 1. The van der Waals surface area contributed by atoms with E-state index in [1.165, 1.54) is 0 Å². The minimum atomic E-state index is -1.73. The van der Waals surface area contributed by atoms with E-state index in [0.29, 0.717) is 12.0 Å². The van der Waals surface area contributed by atoms with E-state index in [2.05, 4.69) is 10.6 Å². The van der Waals surface area contributed by atoms with E-state index in [-0.39, 0.29) is 32.3 Å². The van der Waals surface area contributed by atoms with Crippen molar-refractivity contribution >= 4 is 17.8 Å². The number of rotatable bonds is 10. The SMILES string of the molecule is CC1(C)Cc2ccccc2C(NC(=O)COC2CCNCC2)(C(=O)OCc2ccccc2)N1CCC(=O)O. The number of aliphatic carboxylic acids is 1. The molecular formula is C29H37N3O6. The van der Waals surface area contributed by atoms with Gasteiger partial charge in [0.05, 0.1) is 12.5 Å². The maximum atomic E-state index is 14.2. The molecule has 1 amide bonds. The number of nitrogens with one attached hydrogen (secondary N) is 2. The zero-order valence-electron chi connectivity index (χ0n) is 22.1. The van der Waals surface area contributed by atoms with Gasteiger partial charge < -0.3 is 25.2 Å². The second-order valence-electron chi connectivity index (χ2n) is 10.5. The molecule has 0 aliphatic carbocycles. The molecule has 1 atom stereocenters. The minimum Gasteiger partial charge on any atom is -0.481 e. The van der Waals surface area contributed by atoms with E-state index in [1.54, 1.807) is 11.0 Å². The molecule has 4 rings (SSSR count). The van der Waals surface area contributed by atoms with E-state index in [1.807, 2.05) is 62.4 Å². The maximum Gasteiger partial charge on any atom is 0.352 e. The summed E-state index contributed by atoms with van der Waals surface area (Å²) in [4.78, 5) is 41.0. The first-order valence-electron chi connectivity index (χ1n) is 13.1. The zero-order chi connectivity index (χ0) is 27.2. The van der Waals surface area contributed by atoms with Crippen LogP contribution in [0.4, 0.5) is 0 Å². The van der Waals surface area contributed by atoms with E-state index in [4.69, 9.17) is 9.47 Å². The van der Waals surface area contributed by atoms with Crippen molar-refractivity contribution in [1.29, 1.82) is 0 Å². The van der Waals surface area contributed by atoms with Gasteiger partial charge in [-0.3, -0.25) is 14.5 Å². The molecule has 38 heavy (non-hydrogen) atoms. The van der Waals surface area contributed by atoms with Crippen molar-refractivity contribution in [2.45, 2.75) is 63.4 Å². The number of carbonyl (C=O) groups excluding carboxylic acids is 2. The molecular weight excluding hydrogens is 486 g/mol. The molecule has 1 unspecified atom stereocenters. The number of amides is 1. The van der Waals surface area contributed by atoms with E-state index in [9.17, 15) is 19.5 Å². The Balaban J connectivity index is 1.71. The largest absolute Gasteiger partial charge is 0.481 e. The highest BCUT2D eigenvalue weighted by Gasteiger charge is 2.57. The van der Waals surface area contributed by atoms with Crippen molar-refractivity contribution in [1.82, 2.24) is 15.5 Å². The Kier molecular flexibility index (Phi) is 8.81. The topological polar surface area (TPSA) is 117 Å². The van der Waals surface area contributed by atoms with Gasteiger partial charge in [-0.05, 0) is 57.3 Å². The van der Waals surface area contributed by atoms with Crippen LogP contribution in [0.1, 0.15) is 49.8 Å². The van der Waals surface area contributed by atoms with Crippen molar-refractivity contribution in [3.8, 4) is 0 Å². The van der Waals surface area contributed by atoms with Crippen LogP contribution >= 0.6 is 0 Å². The molecule has 0 bridgehead atoms. The Morgan fingerprint density at radius 2 is 1.74 bits per heavy atom. The lowest BCUT2D eigenvalue weighted by atomic mass is 9.77. The van der Waals surface area contributed by atoms with E-state index < -0.39 is 29.0 Å². The third kappa shape index (κ3) is 6.23. The highest BCUT2D eigenvalue weighted by Crippen LogP contribution is 2.42. The van der Waals surface area contributed by atoms with Gasteiger partial charge in [-0.2, -0.15) is 0 Å². The Hall–Kier alpha value is -3.27. The quantitative estimate of drug-likeness (QED) is 0.407. The molecule has 2 aromatic carbocycles. The first-order valence-corrected chi connectivity index (χ1v) is 13.1. The Morgan fingerprint density at radius 1 is 1.05 bits per heavy atom. The van der Waals surface area contributed by atoms with Crippen molar-refractivity contribution < 1.29 is 29.0 Å². The predicted octanol–water partition coefficient (Wildman–Crippen LogP) is 2.58. The fourth-order valence-electron chi connectivity index (χ4n) is 5.49.